The largest absolute Gasteiger partial charge is 0.442 e. The molecule has 15 heteroatoms. The van der Waals surface area contributed by atoms with Crippen LogP contribution in [0, 0.1) is 17.6 Å². The fourth-order valence-corrected chi connectivity index (χ4v) is 5.53. The van der Waals surface area contributed by atoms with Gasteiger partial charge in [-0.05, 0) is 25.3 Å². The quantitative estimate of drug-likeness (QED) is 0.427. The molecule has 2 saturated heterocycles. The van der Waals surface area contributed by atoms with Crippen molar-refractivity contribution in [2.75, 3.05) is 49.1 Å². The van der Waals surface area contributed by atoms with Gasteiger partial charge in [0.1, 0.15) is 23.5 Å². The van der Waals surface area contributed by atoms with E-state index in [1.54, 1.807) is 45.9 Å². The molecule has 0 spiro atoms. The first kappa shape index (κ1) is 30.0. The van der Waals surface area contributed by atoms with Crippen LogP contribution in [0.1, 0.15) is 30.8 Å². The molecular weight excluding hydrogens is 588 g/mol. The Bertz CT molecular complexity index is 1610. The van der Waals surface area contributed by atoms with E-state index in [2.05, 4.69) is 27.3 Å². The molecule has 0 saturated carbocycles. The summed E-state index contributed by atoms with van der Waals surface area (Å²) in [5.74, 6) is -1.77. The number of cyclic esters (lactones) is 1. The zero-order valence-corrected chi connectivity index (χ0v) is 24.8. The predicted octanol–water partition coefficient (Wildman–Crippen LogP) is 2.64. The van der Waals surface area contributed by atoms with E-state index in [9.17, 15) is 14.4 Å². The molecule has 0 bridgehead atoms. The third-order valence-corrected chi connectivity index (χ3v) is 7.97. The van der Waals surface area contributed by atoms with Gasteiger partial charge in [0, 0.05) is 69.3 Å². The molecule has 6 rings (SSSR count). The maximum absolute atomic E-state index is 15.4. The molecule has 45 heavy (non-hydrogen) atoms. The molecule has 5 heterocycles. The smallest absolute Gasteiger partial charge is 0.414 e. The van der Waals surface area contributed by atoms with Crippen LogP contribution >= 0.6 is 0 Å². The van der Waals surface area contributed by atoms with Crippen molar-refractivity contribution in [3.8, 4) is 0 Å². The number of fused-ring (bicyclic) bond motifs is 1. The average molecular weight is 622 g/mol. The number of piperazine rings is 1. The monoisotopic (exact) mass is 621 g/mol. The molecule has 1 N–H and O–H groups in total. The van der Waals surface area contributed by atoms with Gasteiger partial charge in [-0.3, -0.25) is 23.9 Å². The Hall–Kier alpha value is -5.08. The summed E-state index contributed by atoms with van der Waals surface area (Å²) in [6, 6.07) is 3.11. The van der Waals surface area contributed by atoms with Crippen LogP contribution in [0.15, 0.2) is 54.2 Å². The van der Waals surface area contributed by atoms with E-state index in [1.165, 1.54) is 16.0 Å². The van der Waals surface area contributed by atoms with E-state index in [-0.39, 0.29) is 55.7 Å². The number of rotatable bonds is 7. The molecule has 3 aliphatic rings. The maximum Gasteiger partial charge on any atom is 0.414 e. The lowest BCUT2D eigenvalue weighted by molar-refractivity contribution is -0.133. The Morgan fingerprint density at radius 2 is 1.91 bits per heavy atom. The number of anilines is 2. The molecule has 3 amide bonds. The van der Waals surface area contributed by atoms with Gasteiger partial charge in [0.05, 0.1) is 18.8 Å². The van der Waals surface area contributed by atoms with E-state index in [1.807, 2.05) is 12.3 Å². The van der Waals surface area contributed by atoms with Gasteiger partial charge in [0.2, 0.25) is 11.7 Å². The number of hydrogen-bond acceptors (Lipinski definition) is 9. The molecule has 1 aromatic carbocycles. The Morgan fingerprint density at radius 3 is 2.64 bits per heavy atom. The van der Waals surface area contributed by atoms with Crippen molar-refractivity contribution in [2.24, 2.45) is 11.0 Å². The number of imidazole rings is 1. The molecule has 0 radical (unpaired) electrons. The highest BCUT2D eigenvalue weighted by Crippen LogP contribution is 2.32. The standard InChI is InChI=1S/C30H33F2N9O4/c1-19-4-7-34-40(9-5-19)16-22-17-41(30(44)45-22)21-14-23(31)26(24(32)15-21)37-10-12-38(13-11-37)28(43)20(2)35-27(42)25-18-39-8-3-6-33-29(39)36-25/h3,5-9,14-15,18-20,22H,4,10-13,16-17H2,1-2H3,(H,35,42). The van der Waals surface area contributed by atoms with Crippen molar-refractivity contribution in [3.05, 3.63) is 66.4 Å². The van der Waals surface area contributed by atoms with Crippen LogP contribution in [-0.2, 0) is 9.53 Å². The van der Waals surface area contributed by atoms with Crippen LogP contribution in [0.2, 0.25) is 0 Å². The van der Waals surface area contributed by atoms with Crippen molar-refractivity contribution in [1.29, 1.82) is 0 Å². The molecule has 3 unspecified atom stereocenters. The lowest BCUT2D eigenvalue weighted by atomic mass is 10.1. The molecule has 0 aliphatic carbocycles. The number of nitrogens with zero attached hydrogens (tertiary/aromatic N) is 8. The average Bonchev–Trinajstić information content (AvgIpc) is 3.56. The molecule has 236 valence electrons. The van der Waals surface area contributed by atoms with Gasteiger partial charge in [-0.2, -0.15) is 5.10 Å². The van der Waals surface area contributed by atoms with E-state index in [4.69, 9.17) is 4.74 Å². The Kier molecular flexibility index (Phi) is 8.32. The first-order chi connectivity index (χ1) is 21.7. The normalized spacial score (nSPS) is 20.8. The number of carbonyl (C=O) groups excluding carboxylic acids is 3. The lowest BCUT2D eigenvalue weighted by Gasteiger charge is -2.37. The number of nitrogens with one attached hydrogen (secondary N) is 1. The SMILES string of the molecule is CC1C=CN(CC2CN(c3cc(F)c(N4CCN(C(=O)C(C)NC(=O)c5cn6cccnc6n5)CC4)c(F)c3)C(=O)O2)N=CC1. The minimum Gasteiger partial charge on any atom is -0.442 e. The van der Waals surface area contributed by atoms with Crippen molar-refractivity contribution in [1.82, 2.24) is 29.6 Å². The summed E-state index contributed by atoms with van der Waals surface area (Å²) >= 11 is 0. The van der Waals surface area contributed by atoms with Crippen molar-refractivity contribution >= 4 is 41.3 Å². The van der Waals surface area contributed by atoms with Crippen LogP contribution in [0.5, 0.6) is 0 Å². The minimum absolute atomic E-state index is 0.0598. The highest BCUT2D eigenvalue weighted by atomic mass is 19.1. The van der Waals surface area contributed by atoms with E-state index in [0.717, 1.165) is 18.6 Å². The van der Waals surface area contributed by atoms with Crippen LogP contribution in [0.25, 0.3) is 5.78 Å². The van der Waals surface area contributed by atoms with Crippen molar-refractivity contribution < 1.29 is 27.9 Å². The molecule has 2 aromatic heterocycles. The van der Waals surface area contributed by atoms with Crippen LogP contribution in [-0.4, -0.2) is 99.8 Å². The first-order valence-electron chi connectivity index (χ1n) is 14.7. The summed E-state index contributed by atoms with van der Waals surface area (Å²) in [6.45, 7) is 4.83. The Labute approximate surface area is 257 Å². The first-order valence-corrected chi connectivity index (χ1v) is 14.7. The maximum atomic E-state index is 15.4. The molecule has 2 fully saturated rings. The zero-order valence-electron chi connectivity index (χ0n) is 24.8. The second-order valence-corrected chi connectivity index (χ2v) is 11.3. The Balaban J connectivity index is 1.04. The van der Waals surface area contributed by atoms with Crippen molar-refractivity contribution in [3.63, 3.8) is 0 Å². The highest BCUT2D eigenvalue weighted by molar-refractivity contribution is 5.96. The van der Waals surface area contributed by atoms with Crippen LogP contribution < -0.4 is 15.1 Å². The third kappa shape index (κ3) is 6.42. The number of hydrogen-bond donors (Lipinski definition) is 1. The highest BCUT2D eigenvalue weighted by Gasteiger charge is 2.35. The number of benzene rings is 1. The summed E-state index contributed by atoms with van der Waals surface area (Å²) in [7, 11) is 0. The van der Waals surface area contributed by atoms with Crippen LogP contribution in [0.3, 0.4) is 0 Å². The molecular formula is C30H33F2N9O4. The van der Waals surface area contributed by atoms with E-state index in [0.29, 0.717) is 18.2 Å². The predicted molar refractivity (Wildman–Crippen MR) is 161 cm³/mol. The summed E-state index contributed by atoms with van der Waals surface area (Å²) in [5, 5.41) is 8.69. The number of halogens is 2. The Morgan fingerprint density at radius 1 is 1.16 bits per heavy atom. The zero-order chi connectivity index (χ0) is 31.7. The number of amides is 3. The number of allylic oxidation sites excluding steroid dienone is 1. The topological polar surface area (TPSA) is 128 Å². The molecule has 3 atom stereocenters. The second-order valence-electron chi connectivity index (χ2n) is 11.3. The summed E-state index contributed by atoms with van der Waals surface area (Å²) in [4.78, 5) is 50.9. The van der Waals surface area contributed by atoms with Crippen molar-refractivity contribution in [2.45, 2.75) is 32.4 Å². The minimum atomic E-state index is -0.843. The molecule has 3 aliphatic heterocycles. The van der Waals surface area contributed by atoms with E-state index >= 15 is 8.78 Å². The van der Waals surface area contributed by atoms with Gasteiger partial charge in [0.25, 0.3) is 5.91 Å². The van der Waals surface area contributed by atoms with Gasteiger partial charge < -0.3 is 19.9 Å². The van der Waals surface area contributed by atoms with Gasteiger partial charge in [-0.15, -0.1) is 0 Å². The lowest BCUT2D eigenvalue weighted by Crippen LogP contribution is -2.54. The fourth-order valence-electron chi connectivity index (χ4n) is 5.53. The second kappa shape index (κ2) is 12.5. The van der Waals surface area contributed by atoms with Gasteiger partial charge in [0.15, 0.2) is 11.6 Å². The van der Waals surface area contributed by atoms with Gasteiger partial charge in [-0.25, -0.2) is 23.5 Å². The summed E-state index contributed by atoms with van der Waals surface area (Å²) in [6.07, 6.45) is 10.0. The summed E-state index contributed by atoms with van der Waals surface area (Å²) < 4.78 is 37.8. The fraction of sp³-hybridized carbons (Fsp3) is 0.400. The van der Waals surface area contributed by atoms with Gasteiger partial charge >= 0.3 is 6.09 Å². The number of hydrazone groups is 1. The van der Waals surface area contributed by atoms with Crippen LogP contribution in [0.4, 0.5) is 25.0 Å². The number of carbonyl (C=O) groups is 3. The molecule has 3 aromatic rings. The number of aromatic nitrogens is 3. The molecule has 13 nitrogen and oxygen atoms in total. The number of ether oxygens (including phenoxy) is 1. The van der Waals surface area contributed by atoms with Gasteiger partial charge in [-0.1, -0.05) is 13.0 Å². The third-order valence-electron chi connectivity index (χ3n) is 7.97. The summed E-state index contributed by atoms with van der Waals surface area (Å²) in [5.41, 5.74) is -0.0387. The van der Waals surface area contributed by atoms with E-state index < -0.39 is 35.8 Å².